The molecule has 0 spiro atoms. The van der Waals surface area contributed by atoms with Gasteiger partial charge in [0.25, 0.3) is 0 Å². The lowest BCUT2D eigenvalue weighted by atomic mass is 10.0. The molecular formula is C17H23N3O3S2. The van der Waals surface area contributed by atoms with E-state index in [9.17, 15) is 13.2 Å². The quantitative estimate of drug-likeness (QED) is 0.864. The fourth-order valence-electron chi connectivity index (χ4n) is 3.31. The van der Waals surface area contributed by atoms with Crippen LogP contribution in [-0.4, -0.2) is 42.7 Å². The summed E-state index contributed by atoms with van der Waals surface area (Å²) in [5.41, 5.74) is 0.835. The maximum absolute atomic E-state index is 13.2. The van der Waals surface area contributed by atoms with E-state index in [1.807, 2.05) is 6.92 Å². The number of hydrogen-bond acceptors (Lipinski definition) is 5. The highest BCUT2D eigenvalue weighted by molar-refractivity contribution is 7.89. The molecule has 3 rings (SSSR count). The first kappa shape index (κ1) is 18.3. The van der Waals surface area contributed by atoms with E-state index in [0.717, 1.165) is 34.5 Å². The Kier molecular flexibility index (Phi) is 5.41. The Labute approximate surface area is 152 Å². The summed E-state index contributed by atoms with van der Waals surface area (Å²) in [4.78, 5) is 15.8. The first-order valence-corrected chi connectivity index (χ1v) is 10.8. The van der Waals surface area contributed by atoms with Crippen LogP contribution in [0.1, 0.15) is 37.6 Å². The van der Waals surface area contributed by atoms with Crippen molar-refractivity contribution in [2.75, 3.05) is 13.1 Å². The Bertz CT molecular complexity index is 876. The molecule has 2 heterocycles. The fourth-order valence-corrected chi connectivity index (χ4v) is 6.00. The molecule has 1 atom stereocenters. The number of aryl methyl sites for hydroxylation is 1. The summed E-state index contributed by atoms with van der Waals surface area (Å²) in [6.45, 7) is 4.43. The molecule has 0 bridgehead atoms. The van der Waals surface area contributed by atoms with Crippen LogP contribution in [0, 0.1) is 6.92 Å². The van der Waals surface area contributed by atoms with Crippen molar-refractivity contribution >= 4 is 37.5 Å². The lowest BCUT2D eigenvalue weighted by Crippen LogP contribution is -2.45. The highest BCUT2D eigenvalue weighted by atomic mass is 32.2. The third-order valence-electron chi connectivity index (χ3n) is 4.50. The molecule has 2 aromatic rings. The van der Waals surface area contributed by atoms with E-state index in [0.29, 0.717) is 24.4 Å². The molecule has 8 heteroatoms. The minimum absolute atomic E-state index is 0.0653. The first-order chi connectivity index (χ1) is 11.9. The van der Waals surface area contributed by atoms with Crippen molar-refractivity contribution in [3.63, 3.8) is 0 Å². The van der Waals surface area contributed by atoms with Gasteiger partial charge in [0.15, 0.2) is 0 Å². The number of piperidine rings is 1. The van der Waals surface area contributed by atoms with E-state index in [1.54, 1.807) is 22.5 Å². The summed E-state index contributed by atoms with van der Waals surface area (Å²) in [6, 6.07) is 5.09. The highest BCUT2D eigenvalue weighted by Gasteiger charge is 2.33. The molecule has 1 N–H and O–H groups in total. The van der Waals surface area contributed by atoms with Gasteiger partial charge in [-0.25, -0.2) is 13.4 Å². The monoisotopic (exact) mass is 381 g/mol. The third-order valence-corrected chi connectivity index (χ3v) is 7.38. The molecule has 1 saturated heterocycles. The summed E-state index contributed by atoms with van der Waals surface area (Å²) in [6.07, 6.45) is 3.36. The smallest absolute Gasteiger partial charge is 0.243 e. The van der Waals surface area contributed by atoms with Crippen molar-refractivity contribution in [2.45, 2.75) is 50.5 Å². The number of rotatable bonds is 5. The van der Waals surface area contributed by atoms with E-state index in [4.69, 9.17) is 0 Å². The SMILES string of the molecule is CC(=O)NCCC1CCCCN1S(=O)(=O)c1ccc2nc(C)sc2c1. The average Bonchev–Trinajstić information content (AvgIpc) is 2.94. The van der Waals surface area contributed by atoms with Gasteiger partial charge in [-0.2, -0.15) is 4.31 Å². The predicted molar refractivity (Wildman–Crippen MR) is 99.2 cm³/mol. The van der Waals surface area contributed by atoms with Gasteiger partial charge < -0.3 is 5.32 Å². The zero-order chi connectivity index (χ0) is 18.0. The van der Waals surface area contributed by atoms with E-state index in [-0.39, 0.29) is 11.9 Å². The molecule has 1 fully saturated rings. The highest BCUT2D eigenvalue weighted by Crippen LogP contribution is 2.30. The first-order valence-electron chi connectivity index (χ1n) is 8.51. The minimum Gasteiger partial charge on any atom is -0.356 e. The Morgan fingerprint density at radius 2 is 2.20 bits per heavy atom. The Balaban J connectivity index is 1.85. The van der Waals surface area contributed by atoms with Crippen LogP contribution < -0.4 is 5.32 Å². The van der Waals surface area contributed by atoms with Crippen molar-refractivity contribution in [3.8, 4) is 0 Å². The summed E-state index contributed by atoms with van der Waals surface area (Å²) in [7, 11) is -3.54. The van der Waals surface area contributed by atoms with Gasteiger partial charge >= 0.3 is 0 Å². The average molecular weight is 382 g/mol. The zero-order valence-electron chi connectivity index (χ0n) is 14.5. The molecule has 1 aliphatic heterocycles. The van der Waals surface area contributed by atoms with Crippen LogP contribution in [-0.2, 0) is 14.8 Å². The maximum Gasteiger partial charge on any atom is 0.243 e. The number of carbonyl (C=O) groups excluding carboxylic acids is 1. The van der Waals surface area contributed by atoms with Crippen molar-refractivity contribution in [1.29, 1.82) is 0 Å². The molecule has 0 aliphatic carbocycles. The summed E-state index contributed by atoms with van der Waals surface area (Å²) in [5.74, 6) is -0.0868. The number of nitrogens with one attached hydrogen (secondary N) is 1. The maximum atomic E-state index is 13.2. The molecule has 136 valence electrons. The van der Waals surface area contributed by atoms with Crippen LogP contribution in [0.4, 0.5) is 0 Å². The number of hydrogen-bond donors (Lipinski definition) is 1. The van der Waals surface area contributed by atoms with Crippen LogP contribution in [0.15, 0.2) is 23.1 Å². The molecule has 1 aromatic heterocycles. The number of nitrogens with zero attached hydrogens (tertiary/aromatic N) is 2. The minimum atomic E-state index is -3.54. The van der Waals surface area contributed by atoms with E-state index >= 15 is 0 Å². The van der Waals surface area contributed by atoms with Gasteiger partial charge in [-0.3, -0.25) is 4.79 Å². The zero-order valence-corrected chi connectivity index (χ0v) is 16.1. The molecule has 0 radical (unpaired) electrons. The number of fused-ring (bicyclic) bond motifs is 1. The number of amides is 1. The predicted octanol–water partition coefficient (Wildman–Crippen LogP) is 2.67. The second-order valence-corrected chi connectivity index (χ2v) is 9.52. The standard InChI is InChI=1S/C17H23N3O3S2/c1-12(21)18-9-8-14-5-3-4-10-20(14)25(22,23)15-6-7-16-17(11-15)24-13(2)19-16/h6-7,11,14H,3-5,8-10H2,1-2H3,(H,18,21). The number of carbonyl (C=O) groups is 1. The largest absolute Gasteiger partial charge is 0.356 e. The molecule has 1 aliphatic rings. The van der Waals surface area contributed by atoms with Gasteiger partial charge in [0.1, 0.15) is 0 Å². The second-order valence-electron chi connectivity index (χ2n) is 6.40. The van der Waals surface area contributed by atoms with Crippen molar-refractivity contribution in [1.82, 2.24) is 14.6 Å². The number of benzene rings is 1. The number of aromatic nitrogens is 1. The topological polar surface area (TPSA) is 79.4 Å². The normalized spacial score (nSPS) is 19.2. The number of sulfonamides is 1. The van der Waals surface area contributed by atoms with E-state index in [2.05, 4.69) is 10.3 Å². The van der Waals surface area contributed by atoms with Crippen LogP contribution in [0.2, 0.25) is 0 Å². The molecule has 1 unspecified atom stereocenters. The molecular weight excluding hydrogens is 358 g/mol. The van der Waals surface area contributed by atoms with Crippen LogP contribution in [0.3, 0.4) is 0 Å². The van der Waals surface area contributed by atoms with E-state index in [1.165, 1.54) is 18.3 Å². The van der Waals surface area contributed by atoms with Crippen LogP contribution in [0.25, 0.3) is 10.2 Å². The van der Waals surface area contributed by atoms with Gasteiger partial charge in [0.05, 0.1) is 20.1 Å². The summed E-state index contributed by atoms with van der Waals surface area (Å²) in [5, 5.41) is 3.69. The lowest BCUT2D eigenvalue weighted by molar-refractivity contribution is -0.119. The Morgan fingerprint density at radius 1 is 1.40 bits per heavy atom. The molecule has 0 saturated carbocycles. The second kappa shape index (κ2) is 7.39. The molecule has 1 aromatic carbocycles. The van der Waals surface area contributed by atoms with Crippen molar-refractivity contribution in [3.05, 3.63) is 23.2 Å². The molecule has 25 heavy (non-hydrogen) atoms. The Morgan fingerprint density at radius 3 is 2.96 bits per heavy atom. The molecule has 1 amide bonds. The van der Waals surface area contributed by atoms with E-state index < -0.39 is 10.0 Å². The molecule has 6 nitrogen and oxygen atoms in total. The fraction of sp³-hybridized carbons (Fsp3) is 0.529. The van der Waals surface area contributed by atoms with Gasteiger partial charge in [-0.15, -0.1) is 11.3 Å². The van der Waals surface area contributed by atoms with Gasteiger partial charge in [-0.05, 0) is 44.4 Å². The summed E-state index contributed by atoms with van der Waals surface area (Å²) < 4.78 is 28.8. The van der Waals surface area contributed by atoms with Crippen LogP contribution in [0.5, 0.6) is 0 Å². The van der Waals surface area contributed by atoms with Gasteiger partial charge in [0.2, 0.25) is 15.9 Å². The van der Waals surface area contributed by atoms with Gasteiger partial charge in [-0.1, -0.05) is 6.42 Å². The van der Waals surface area contributed by atoms with Crippen molar-refractivity contribution in [2.24, 2.45) is 0 Å². The summed E-state index contributed by atoms with van der Waals surface area (Å²) >= 11 is 1.51. The Hall–Kier alpha value is -1.51. The van der Waals surface area contributed by atoms with Gasteiger partial charge in [0, 0.05) is 26.1 Å². The van der Waals surface area contributed by atoms with Crippen molar-refractivity contribution < 1.29 is 13.2 Å². The lowest BCUT2D eigenvalue weighted by Gasteiger charge is -2.34. The third kappa shape index (κ3) is 4.02. The van der Waals surface area contributed by atoms with Crippen LogP contribution >= 0.6 is 11.3 Å². The number of thiazole rings is 1.